The summed E-state index contributed by atoms with van der Waals surface area (Å²) < 4.78 is 5.47. The van der Waals surface area contributed by atoms with E-state index in [4.69, 9.17) is 16.3 Å². The molecule has 1 N–H and O–H groups in total. The Morgan fingerprint density at radius 1 is 1.43 bits per heavy atom. The molecule has 1 aromatic rings. The smallest absolute Gasteiger partial charge is 0.251 e. The second-order valence-corrected chi connectivity index (χ2v) is 7.37. The van der Waals surface area contributed by atoms with Crippen LogP contribution < -0.4 is 5.32 Å². The Morgan fingerprint density at radius 3 is 2.71 bits per heavy atom. The van der Waals surface area contributed by atoms with Crippen LogP contribution in [0, 0.1) is 0 Å². The third kappa shape index (κ3) is 4.17. The Bertz CT molecular complexity index is 532. The molecule has 1 aliphatic rings. The number of nitrogens with one attached hydrogen (secondary N) is 1. The Balaban J connectivity index is 2.21. The molecule has 0 saturated carbocycles. The third-order valence-corrected chi connectivity index (χ3v) is 3.87. The molecule has 1 atom stereocenters. The molecule has 2 rings (SSSR count). The predicted molar refractivity (Wildman–Crippen MR) is 83.9 cm³/mol. The van der Waals surface area contributed by atoms with E-state index in [1.165, 1.54) is 0 Å². The van der Waals surface area contributed by atoms with Gasteiger partial charge in [0.2, 0.25) is 0 Å². The van der Waals surface area contributed by atoms with Crippen LogP contribution >= 0.6 is 11.6 Å². The standard InChI is InChI=1S/C16H23ClN2O2/c1-15(2,3)12-8-11(9-13(17)18-12)14(20)19-16(4)6-5-7-21-10-16/h8-9H,5-7,10H2,1-4H3,(H,19,20). The fraction of sp³-hybridized carbons (Fsp3) is 0.625. The van der Waals surface area contributed by atoms with E-state index >= 15 is 0 Å². The fourth-order valence-electron chi connectivity index (χ4n) is 2.39. The van der Waals surface area contributed by atoms with Crippen LogP contribution in [0.4, 0.5) is 0 Å². The zero-order valence-electron chi connectivity index (χ0n) is 13.1. The third-order valence-electron chi connectivity index (χ3n) is 3.68. The molecule has 116 valence electrons. The number of nitrogens with zero attached hydrogens (tertiary/aromatic N) is 1. The maximum atomic E-state index is 12.5. The van der Waals surface area contributed by atoms with E-state index in [1.807, 2.05) is 33.8 Å². The summed E-state index contributed by atoms with van der Waals surface area (Å²) in [4.78, 5) is 16.8. The molecule has 1 aromatic heterocycles. The molecule has 21 heavy (non-hydrogen) atoms. The van der Waals surface area contributed by atoms with Crippen molar-refractivity contribution < 1.29 is 9.53 Å². The summed E-state index contributed by atoms with van der Waals surface area (Å²) in [5.41, 5.74) is 0.891. The van der Waals surface area contributed by atoms with Crippen molar-refractivity contribution in [2.45, 2.75) is 51.5 Å². The number of hydrogen-bond donors (Lipinski definition) is 1. The quantitative estimate of drug-likeness (QED) is 0.852. The van der Waals surface area contributed by atoms with Gasteiger partial charge >= 0.3 is 0 Å². The maximum absolute atomic E-state index is 12.5. The molecule has 0 aliphatic carbocycles. The average Bonchev–Trinajstić information content (AvgIpc) is 2.37. The summed E-state index contributed by atoms with van der Waals surface area (Å²) in [6.07, 6.45) is 1.88. The minimum Gasteiger partial charge on any atom is -0.379 e. The van der Waals surface area contributed by atoms with Gasteiger partial charge in [0.25, 0.3) is 5.91 Å². The van der Waals surface area contributed by atoms with Crippen LogP contribution in [0.2, 0.25) is 5.15 Å². The first-order valence-electron chi connectivity index (χ1n) is 7.28. The summed E-state index contributed by atoms with van der Waals surface area (Å²) in [5.74, 6) is -0.127. The van der Waals surface area contributed by atoms with Crippen molar-refractivity contribution in [2.24, 2.45) is 0 Å². The highest BCUT2D eigenvalue weighted by Crippen LogP contribution is 2.24. The molecule has 1 amide bonds. The van der Waals surface area contributed by atoms with Crippen LogP contribution in [0.3, 0.4) is 0 Å². The lowest BCUT2D eigenvalue weighted by Crippen LogP contribution is -2.51. The minimum atomic E-state index is -0.313. The number of rotatable bonds is 2. The summed E-state index contributed by atoms with van der Waals surface area (Å²) in [7, 11) is 0. The molecule has 0 radical (unpaired) electrons. The largest absolute Gasteiger partial charge is 0.379 e. The van der Waals surface area contributed by atoms with Crippen molar-refractivity contribution in [1.29, 1.82) is 0 Å². The van der Waals surface area contributed by atoms with E-state index in [0.717, 1.165) is 25.1 Å². The van der Waals surface area contributed by atoms with Crippen molar-refractivity contribution in [3.05, 3.63) is 28.5 Å². The number of carbonyl (C=O) groups excluding carboxylic acids is 1. The lowest BCUT2D eigenvalue weighted by molar-refractivity contribution is 0.0272. The Labute approximate surface area is 131 Å². The number of carbonyl (C=O) groups is 1. The topological polar surface area (TPSA) is 51.2 Å². The molecule has 1 saturated heterocycles. The second-order valence-electron chi connectivity index (χ2n) is 6.98. The molecule has 1 fully saturated rings. The first-order valence-corrected chi connectivity index (χ1v) is 7.66. The number of pyridine rings is 1. The molecule has 4 nitrogen and oxygen atoms in total. The van der Waals surface area contributed by atoms with E-state index < -0.39 is 0 Å². The normalized spacial score (nSPS) is 22.9. The van der Waals surface area contributed by atoms with Gasteiger partial charge < -0.3 is 10.1 Å². The van der Waals surface area contributed by atoms with Gasteiger partial charge in [0.15, 0.2) is 0 Å². The van der Waals surface area contributed by atoms with Crippen molar-refractivity contribution in [3.63, 3.8) is 0 Å². The molecule has 0 bridgehead atoms. The van der Waals surface area contributed by atoms with Gasteiger partial charge in [-0.3, -0.25) is 4.79 Å². The van der Waals surface area contributed by atoms with Crippen molar-refractivity contribution in [1.82, 2.24) is 10.3 Å². The lowest BCUT2D eigenvalue weighted by Gasteiger charge is -2.34. The first-order chi connectivity index (χ1) is 9.70. The van der Waals surface area contributed by atoms with E-state index in [-0.39, 0.29) is 16.9 Å². The Morgan fingerprint density at radius 2 is 2.14 bits per heavy atom. The SMILES string of the molecule is CC1(NC(=O)c2cc(Cl)nc(C(C)(C)C)c2)CCCOC1. The van der Waals surface area contributed by atoms with Crippen LogP contribution in [0.5, 0.6) is 0 Å². The zero-order valence-corrected chi connectivity index (χ0v) is 13.9. The number of amides is 1. The summed E-state index contributed by atoms with van der Waals surface area (Å²) in [6.45, 7) is 9.46. The predicted octanol–water partition coefficient (Wildman–Crippen LogP) is 3.33. The van der Waals surface area contributed by atoms with Gasteiger partial charge in [-0.2, -0.15) is 0 Å². The van der Waals surface area contributed by atoms with E-state index in [9.17, 15) is 4.79 Å². The van der Waals surface area contributed by atoms with Gasteiger partial charge in [0, 0.05) is 23.3 Å². The number of ether oxygens (including phenoxy) is 1. The summed E-state index contributed by atoms with van der Waals surface area (Å²) >= 11 is 6.06. The molecule has 0 spiro atoms. The highest BCUT2D eigenvalue weighted by Gasteiger charge is 2.30. The van der Waals surface area contributed by atoms with Crippen molar-refractivity contribution in [2.75, 3.05) is 13.2 Å². The van der Waals surface area contributed by atoms with Gasteiger partial charge in [-0.25, -0.2) is 4.98 Å². The summed E-state index contributed by atoms with van der Waals surface area (Å²) in [6, 6.07) is 3.42. The van der Waals surface area contributed by atoms with Crippen LogP contribution in [0.1, 0.15) is 56.6 Å². The molecular formula is C16H23ClN2O2. The zero-order chi connectivity index (χ0) is 15.7. The van der Waals surface area contributed by atoms with E-state index in [2.05, 4.69) is 10.3 Å². The molecule has 2 heterocycles. The molecule has 0 aromatic carbocycles. The Kier molecular flexibility index (Phi) is 4.59. The average molecular weight is 311 g/mol. The van der Waals surface area contributed by atoms with Crippen LogP contribution in [-0.2, 0) is 10.2 Å². The van der Waals surface area contributed by atoms with Gasteiger partial charge in [0.1, 0.15) is 5.15 Å². The number of aromatic nitrogens is 1. The second kappa shape index (κ2) is 5.93. The van der Waals surface area contributed by atoms with Gasteiger partial charge in [0.05, 0.1) is 12.1 Å². The fourth-order valence-corrected chi connectivity index (χ4v) is 2.60. The van der Waals surface area contributed by atoms with E-state index in [0.29, 0.717) is 17.3 Å². The molecule has 5 heteroatoms. The van der Waals surface area contributed by atoms with Crippen molar-refractivity contribution in [3.8, 4) is 0 Å². The number of halogens is 1. The molecular weight excluding hydrogens is 288 g/mol. The first kappa shape index (κ1) is 16.2. The monoisotopic (exact) mass is 310 g/mol. The highest BCUT2D eigenvalue weighted by atomic mass is 35.5. The Hall–Kier alpha value is -1.13. The van der Waals surface area contributed by atoms with Crippen LogP contribution in [-0.4, -0.2) is 29.6 Å². The summed E-state index contributed by atoms with van der Waals surface area (Å²) in [5, 5.41) is 3.41. The van der Waals surface area contributed by atoms with Gasteiger partial charge in [-0.1, -0.05) is 32.4 Å². The van der Waals surface area contributed by atoms with Gasteiger partial charge in [-0.05, 0) is 31.9 Å². The van der Waals surface area contributed by atoms with E-state index in [1.54, 1.807) is 6.07 Å². The van der Waals surface area contributed by atoms with Crippen LogP contribution in [0.25, 0.3) is 0 Å². The maximum Gasteiger partial charge on any atom is 0.251 e. The highest BCUT2D eigenvalue weighted by molar-refractivity contribution is 6.29. The number of hydrogen-bond acceptors (Lipinski definition) is 3. The van der Waals surface area contributed by atoms with Crippen LogP contribution in [0.15, 0.2) is 12.1 Å². The minimum absolute atomic E-state index is 0.127. The van der Waals surface area contributed by atoms with Crippen molar-refractivity contribution >= 4 is 17.5 Å². The molecule has 1 aliphatic heterocycles. The molecule has 1 unspecified atom stereocenters. The van der Waals surface area contributed by atoms with Gasteiger partial charge in [-0.15, -0.1) is 0 Å². The lowest BCUT2D eigenvalue weighted by atomic mass is 9.90.